The van der Waals surface area contributed by atoms with Crippen molar-refractivity contribution in [2.24, 2.45) is 0 Å². The van der Waals surface area contributed by atoms with Gasteiger partial charge in [0.2, 0.25) is 5.91 Å². The van der Waals surface area contributed by atoms with Crippen LogP contribution in [0.3, 0.4) is 0 Å². The van der Waals surface area contributed by atoms with Crippen LogP contribution in [-0.4, -0.2) is 23.2 Å². The minimum Gasteiger partial charge on any atom is -0.361 e. The predicted molar refractivity (Wildman–Crippen MR) is 92.1 cm³/mol. The number of aromatic nitrogens is 1. The van der Waals surface area contributed by atoms with E-state index in [9.17, 15) is 9.18 Å². The molecule has 0 fully saturated rings. The molecule has 3 rings (SSSR count). The second-order valence-electron chi connectivity index (χ2n) is 5.18. The number of para-hydroxylation sites is 1. The molecule has 0 saturated carbocycles. The molecule has 0 unspecified atom stereocenters. The largest absolute Gasteiger partial charge is 0.361 e. The van der Waals surface area contributed by atoms with Crippen LogP contribution in [0.15, 0.2) is 59.6 Å². The number of halogens is 1. The summed E-state index contributed by atoms with van der Waals surface area (Å²) >= 11 is 1.21. The molecular formula is C18H17FN2OS. The van der Waals surface area contributed by atoms with E-state index < -0.39 is 0 Å². The van der Waals surface area contributed by atoms with Crippen molar-refractivity contribution >= 4 is 28.6 Å². The highest BCUT2D eigenvalue weighted by atomic mass is 32.2. The van der Waals surface area contributed by atoms with Crippen LogP contribution in [0.2, 0.25) is 0 Å². The summed E-state index contributed by atoms with van der Waals surface area (Å²) in [4.78, 5) is 15.6. The van der Waals surface area contributed by atoms with Crippen LogP contribution in [0.1, 0.15) is 5.56 Å². The van der Waals surface area contributed by atoms with Gasteiger partial charge >= 0.3 is 0 Å². The van der Waals surface area contributed by atoms with Gasteiger partial charge in [-0.05, 0) is 30.2 Å². The lowest BCUT2D eigenvalue weighted by Gasteiger charge is -2.05. The van der Waals surface area contributed by atoms with Gasteiger partial charge in [-0.2, -0.15) is 0 Å². The fourth-order valence-corrected chi connectivity index (χ4v) is 3.20. The Bertz CT molecular complexity index is 815. The smallest absolute Gasteiger partial charge is 0.230 e. The summed E-state index contributed by atoms with van der Waals surface area (Å²) < 4.78 is 13.5. The zero-order valence-electron chi connectivity index (χ0n) is 12.5. The molecule has 3 aromatic rings. The zero-order chi connectivity index (χ0) is 16.1. The Morgan fingerprint density at radius 1 is 1.13 bits per heavy atom. The van der Waals surface area contributed by atoms with Crippen molar-refractivity contribution in [2.45, 2.75) is 11.3 Å². The number of hydrogen-bond donors (Lipinski definition) is 2. The Hall–Kier alpha value is -2.27. The first-order chi connectivity index (χ1) is 11.2. The standard InChI is InChI=1S/C18H17FN2OS/c19-15-6-2-4-8-17(15)23-12-18(22)20-10-9-13-11-21-16-7-3-1-5-14(13)16/h1-8,11,21H,9-10,12H2,(H,20,22). The van der Waals surface area contributed by atoms with E-state index in [-0.39, 0.29) is 17.5 Å². The average Bonchev–Trinajstić information content (AvgIpc) is 2.98. The van der Waals surface area contributed by atoms with Crippen molar-refractivity contribution in [1.29, 1.82) is 0 Å². The Morgan fingerprint density at radius 2 is 1.91 bits per heavy atom. The topological polar surface area (TPSA) is 44.9 Å². The van der Waals surface area contributed by atoms with Gasteiger partial charge in [0.15, 0.2) is 0 Å². The molecule has 23 heavy (non-hydrogen) atoms. The maximum absolute atomic E-state index is 13.5. The van der Waals surface area contributed by atoms with Crippen LogP contribution >= 0.6 is 11.8 Å². The molecule has 5 heteroatoms. The second-order valence-corrected chi connectivity index (χ2v) is 6.20. The van der Waals surface area contributed by atoms with Crippen LogP contribution in [0.5, 0.6) is 0 Å². The molecule has 0 radical (unpaired) electrons. The maximum atomic E-state index is 13.5. The quantitative estimate of drug-likeness (QED) is 0.677. The molecule has 0 aliphatic heterocycles. The van der Waals surface area contributed by atoms with Crippen molar-refractivity contribution < 1.29 is 9.18 Å². The van der Waals surface area contributed by atoms with Crippen LogP contribution in [0.25, 0.3) is 10.9 Å². The summed E-state index contributed by atoms with van der Waals surface area (Å²) in [6, 6.07) is 14.6. The third-order valence-corrected chi connectivity index (χ3v) is 4.64. The first kappa shape index (κ1) is 15.6. The predicted octanol–water partition coefficient (Wildman–Crippen LogP) is 3.76. The first-order valence-corrected chi connectivity index (χ1v) is 8.41. The Kier molecular flexibility index (Phi) is 4.98. The van der Waals surface area contributed by atoms with Gasteiger partial charge in [0.05, 0.1) is 5.75 Å². The Morgan fingerprint density at radius 3 is 2.78 bits per heavy atom. The first-order valence-electron chi connectivity index (χ1n) is 7.43. The lowest BCUT2D eigenvalue weighted by atomic mass is 10.1. The van der Waals surface area contributed by atoms with E-state index in [0.29, 0.717) is 11.4 Å². The van der Waals surface area contributed by atoms with Crippen LogP contribution < -0.4 is 5.32 Å². The molecule has 3 nitrogen and oxygen atoms in total. The molecule has 118 valence electrons. The van der Waals surface area contributed by atoms with Gasteiger partial charge in [-0.3, -0.25) is 4.79 Å². The highest BCUT2D eigenvalue weighted by Crippen LogP contribution is 2.21. The molecule has 2 N–H and O–H groups in total. The normalized spacial score (nSPS) is 10.8. The van der Waals surface area contributed by atoms with E-state index in [4.69, 9.17) is 0 Å². The number of hydrogen-bond acceptors (Lipinski definition) is 2. The van der Waals surface area contributed by atoms with E-state index in [1.54, 1.807) is 18.2 Å². The SMILES string of the molecule is O=C(CSc1ccccc1F)NCCc1c[nH]c2ccccc12. The molecule has 1 aromatic heterocycles. The summed E-state index contributed by atoms with van der Waals surface area (Å²) in [6.07, 6.45) is 2.74. The number of carbonyl (C=O) groups is 1. The lowest BCUT2D eigenvalue weighted by Crippen LogP contribution is -2.27. The number of carbonyl (C=O) groups excluding carboxylic acids is 1. The minimum absolute atomic E-state index is 0.0851. The van der Waals surface area contributed by atoms with Crippen LogP contribution in [0.4, 0.5) is 4.39 Å². The summed E-state index contributed by atoms with van der Waals surface area (Å²) in [5, 5.41) is 4.06. The van der Waals surface area contributed by atoms with Crippen molar-refractivity contribution in [3.8, 4) is 0 Å². The number of amides is 1. The molecule has 0 aliphatic rings. The molecule has 0 atom stereocenters. The molecule has 0 saturated heterocycles. The van der Waals surface area contributed by atoms with E-state index in [1.165, 1.54) is 28.8 Å². The zero-order valence-corrected chi connectivity index (χ0v) is 13.3. The van der Waals surface area contributed by atoms with Gasteiger partial charge in [0.25, 0.3) is 0 Å². The fraction of sp³-hybridized carbons (Fsp3) is 0.167. The van der Waals surface area contributed by atoms with Gasteiger partial charge in [0.1, 0.15) is 5.82 Å². The molecule has 1 heterocycles. The lowest BCUT2D eigenvalue weighted by molar-refractivity contribution is -0.118. The van der Waals surface area contributed by atoms with Crippen molar-refractivity contribution in [2.75, 3.05) is 12.3 Å². The number of nitrogens with one attached hydrogen (secondary N) is 2. The maximum Gasteiger partial charge on any atom is 0.230 e. The third kappa shape index (κ3) is 3.93. The van der Waals surface area contributed by atoms with E-state index in [1.807, 2.05) is 24.4 Å². The van der Waals surface area contributed by atoms with E-state index in [2.05, 4.69) is 16.4 Å². The molecule has 1 amide bonds. The number of thioether (sulfide) groups is 1. The monoisotopic (exact) mass is 328 g/mol. The summed E-state index contributed by atoms with van der Waals surface area (Å²) in [7, 11) is 0. The number of H-pyrrole nitrogens is 1. The molecule has 0 spiro atoms. The van der Waals surface area contributed by atoms with Gasteiger partial charge in [-0.25, -0.2) is 4.39 Å². The number of rotatable bonds is 6. The molecule has 0 bridgehead atoms. The second kappa shape index (κ2) is 7.33. The van der Waals surface area contributed by atoms with Crippen molar-refractivity contribution in [1.82, 2.24) is 10.3 Å². The Balaban J connectivity index is 1.47. The van der Waals surface area contributed by atoms with Gasteiger partial charge < -0.3 is 10.3 Å². The summed E-state index contributed by atoms with van der Waals surface area (Å²) in [5.74, 6) is -0.156. The van der Waals surface area contributed by atoms with Crippen LogP contribution in [0, 0.1) is 5.82 Å². The van der Waals surface area contributed by atoms with Gasteiger partial charge in [0, 0.05) is 28.5 Å². The number of fused-ring (bicyclic) bond motifs is 1. The molecule has 2 aromatic carbocycles. The van der Waals surface area contributed by atoms with E-state index in [0.717, 1.165) is 11.9 Å². The average molecular weight is 328 g/mol. The number of benzene rings is 2. The Labute approximate surface area is 138 Å². The fourth-order valence-electron chi connectivity index (χ4n) is 2.43. The number of aromatic amines is 1. The highest BCUT2D eigenvalue weighted by molar-refractivity contribution is 8.00. The summed E-state index contributed by atoms with van der Waals surface area (Å²) in [5.41, 5.74) is 2.28. The van der Waals surface area contributed by atoms with Gasteiger partial charge in [-0.15, -0.1) is 11.8 Å². The van der Waals surface area contributed by atoms with Crippen molar-refractivity contribution in [3.63, 3.8) is 0 Å². The van der Waals surface area contributed by atoms with Gasteiger partial charge in [-0.1, -0.05) is 30.3 Å². The molecule has 0 aliphatic carbocycles. The van der Waals surface area contributed by atoms with Crippen LogP contribution in [-0.2, 0) is 11.2 Å². The summed E-state index contributed by atoms with van der Waals surface area (Å²) in [6.45, 7) is 0.568. The molecular weight excluding hydrogens is 311 g/mol. The minimum atomic E-state index is -0.288. The highest BCUT2D eigenvalue weighted by Gasteiger charge is 2.07. The van der Waals surface area contributed by atoms with E-state index >= 15 is 0 Å². The third-order valence-electron chi connectivity index (χ3n) is 3.59. The van der Waals surface area contributed by atoms with Crippen molar-refractivity contribution in [3.05, 3.63) is 66.1 Å².